The van der Waals surface area contributed by atoms with Crippen LogP contribution in [-0.2, 0) is 16.6 Å². The summed E-state index contributed by atoms with van der Waals surface area (Å²) in [6.07, 6.45) is 0.699. The van der Waals surface area contributed by atoms with Crippen molar-refractivity contribution < 1.29 is 4.79 Å². The van der Waals surface area contributed by atoms with Crippen molar-refractivity contribution in [2.24, 2.45) is 5.41 Å². The normalized spacial score (nSPS) is 17.3. The number of carbonyl (C=O) groups excluding carboxylic acids is 1. The van der Waals surface area contributed by atoms with Gasteiger partial charge in [-0.25, -0.2) is 0 Å². The summed E-state index contributed by atoms with van der Waals surface area (Å²) in [5, 5.41) is 9.12. The van der Waals surface area contributed by atoms with Gasteiger partial charge in [0.1, 0.15) is 0 Å². The van der Waals surface area contributed by atoms with Gasteiger partial charge >= 0.3 is 0 Å². The highest BCUT2D eigenvalue weighted by Crippen LogP contribution is 2.41. The molecule has 0 saturated heterocycles. The highest BCUT2D eigenvalue weighted by Gasteiger charge is 2.42. The van der Waals surface area contributed by atoms with Crippen LogP contribution < -0.4 is 4.90 Å². The number of anilines is 1. The van der Waals surface area contributed by atoms with Gasteiger partial charge in [0.2, 0.25) is 5.91 Å². The number of fused-ring (bicyclic) bond motifs is 1. The Kier molecular flexibility index (Phi) is 2.93. The van der Waals surface area contributed by atoms with E-state index in [4.69, 9.17) is 5.26 Å². The molecule has 0 aliphatic carbocycles. The molecule has 3 heteroatoms. The maximum atomic E-state index is 12.2. The first-order chi connectivity index (χ1) is 8.69. The minimum absolute atomic E-state index is 0.124. The van der Waals surface area contributed by atoms with Crippen LogP contribution in [0, 0.1) is 16.7 Å². The Morgan fingerprint density at radius 3 is 2.58 bits per heavy atom. The fourth-order valence-corrected chi connectivity index (χ4v) is 2.68. The minimum Gasteiger partial charge on any atom is -0.314 e. The van der Waals surface area contributed by atoms with Crippen molar-refractivity contribution in [1.82, 2.24) is 0 Å². The van der Waals surface area contributed by atoms with Gasteiger partial charge in [-0.3, -0.25) is 4.79 Å². The maximum Gasteiger partial charge on any atom is 0.236 e. The van der Waals surface area contributed by atoms with Crippen molar-refractivity contribution in [3.8, 4) is 6.07 Å². The van der Waals surface area contributed by atoms with E-state index in [2.05, 4.69) is 12.1 Å². The van der Waals surface area contributed by atoms with Crippen LogP contribution in [0.1, 0.15) is 38.8 Å². The van der Waals surface area contributed by atoms with Crippen LogP contribution >= 0.6 is 0 Å². The number of hydrogen-bond donors (Lipinski definition) is 0. The van der Waals surface area contributed by atoms with E-state index in [9.17, 15) is 4.79 Å². The topological polar surface area (TPSA) is 44.1 Å². The summed E-state index contributed by atoms with van der Waals surface area (Å²) in [6, 6.07) is 8.41. The molecule has 0 spiro atoms. The quantitative estimate of drug-likeness (QED) is 0.816. The number of amides is 1. The highest BCUT2D eigenvalue weighted by atomic mass is 16.2. The molecule has 1 amide bonds. The first-order valence-corrected chi connectivity index (χ1v) is 6.52. The van der Waals surface area contributed by atoms with Gasteiger partial charge < -0.3 is 4.90 Å². The molecule has 19 heavy (non-hydrogen) atoms. The fourth-order valence-electron chi connectivity index (χ4n) is 2.68. The average molecular weight is 256 g/mol. The zero-order chi connectivity index (χ0) is 14.4. The van der Waals surface area contributed by atoms with Gasteiger partial charge in [0.15, 0.2) is 0 Å². The molecule has 0 aromatic heterocycles. The lowest BCUT2D eigenvalue weighted by atomic mass is 9.82. The molecule has 0 unspecified atom stereocenters. The van der Waals surface area contributed by atoms with Gasteiger partial charge in [-0.1, -0.05) is 12.1 Å². The average Bonchev–Trinajstić information content (AvgIpc) is 2.51. The lowest BCUT2D eigenvalue weighted by molar-refractivity contribution is -0.121. The molecule has 1 aromatic carbocycles. The van der Waals surface area contributed by atoms with Gasteiger partial charge in [0.05, 0.1) is 16.9 Å². The van der Waals surface area contributed by atoms with E-state index in [-0.39, 0.29) is 11.3 Å². The van der Waals surface area contributed by atoms with Crippen molar-refractivity contribution in [2.75, 3.05) is 11.9 Å². The monoisotopic (exact) mass is 256 g/mol. The third-order valence-electron chi connectivity index (χ3n) is 3.88. The predicted octanol–water partition coefficient (Wildman–Crippen LogP) is 3.03. The number of likely N-dealkylation sites (N-methyl/N-ethyl adjacent to an activating group) is 1. The van der Waals surface area contributed by atoms with Crippen molar-refractivity contribution >= 4 is 11.6 Å². The summed E-state index contributed by atoms with van der Waals surface area (Å²) in [6.45, 7) is 7.78. The smallest absolute Gasteiger partial charge is 0.236 e. The van der Waals surface area contributed by atoms with Crippen molar-refractivity contribution in [1.29, 1.82) is 5.26 Å². The van der Waals surface area contributed by atoms with Crippen molar-refractivity contribution in [3.63, 3.8) is 0 Å². The first-order valence-electron chi connectivity index (χ1n) is 6.52. The van der Waals surface area contributed by atoms with Crippen LogP contribution in [0.2, 0.25) is 0 Å². The van der Waals surface area contributed by atoms with Gasteiger partial charge in [0.25, 0.3) is 0 Å². The van der Waals surface area contributed by atoms with Gasteiger partial charge in [0, 0.05) is 12.7 Å². The molecular weight excluding hydrogens is 236 g/mol. The second-order valence-electron chi connectivity index (χ2n) is 6.51. The van der Waals surface area contributed by atoms with E-state index < -0.39 is 5.41 Å². The van der Waals surface area contributed by atoms with Crippen LogP contribution in [0.3, 0.4) is 0 Å². The molecule has 0 fully saturated rings. The molecular formula is C16H20N2O. The first kappa shape index (κ1) is 13.6. The van der Waals surface area contributed by atoms with E-state index >= 15 is 0 Å². The zero-order valence-corrected chi connectivity index (χ0v) is 12.2. The molecule has 100 valence electrons. The van der Waals surface area contributed by atoms with Crippen LogP contribution in [0.25, 0.3) is 0 Å². The molecule has 0 saturated carbocycles. The summed E-state index contributed by atoms with van der Waals surface area (Å²) < 4.78 is 0. The van der Waals surface area contributed by atoms with Crippen molar-refractivity contribution in [2.45, 2.75) is 39.5 Å². The summed E-state index contributed by atoms with van der Waals surface area (Å²) in [4.78, 5) is 13.9. The predicted molar refractivity (Wildman–Crippen MR) is 76.0 cm³/mol. The number of rotatable bonds is 2. The van der Waals surface area contributed by atoms with Crippen molar-refractivity contribution in [3.05, 3.63) is 29.3 Å². The minimum atomic E-state index is -0.475. The Labute approximate surface area is 114 Å². The maximum absolute atomic E-state index is 12.2. The number of nitriles is 1. The Bertz CT molecular complexity index is 579. The third kappa shape index (κ3) is 2.12. The van der Waals surface area contributed by atoms with Gasteiger partial charge in [-0.15, -0.1) is 0 Å². The lowest BCUT2D eigenvalue weighted by Gasteiger charge is -2.18. The molecule has 2 rings (SSSR count). The SMILES string of the molecule is CN1C(=O)C(C)(C)c2cc(CC(C)(C)C#N)ccc21. The summed E-state index contributed by atoms with van der Waals surface area (Å²) >= 11 is 0. The van der Waals surface area contributed by atoms with Crippen LogP contribution in [0.15, 0.2) is 18.2 Å². The molecule has 0 atom stereocenters. The Balaban J connectivity index is 2.45. The molecule has 1 aliphatic heterocycles. The highest BCUT2D eigenvalue weighted by molar-refractivity contribution is 6.07. The number of carbonyl (C=O) groups is 1. The summed E-state index contributed by atoms with van der Waals surface area (Å²) in [5.74, 6) is 0.124. The van der Waals surface area contributed by atoms with E-state index in [0.717, 1.165) is 16.8 Å². The third-order valence-corrected chi connectivity index (χ3v) is 3.88. The molecule has 1 heterocycles. The van der Waals surface area contributed by atoms with E-state index in [1.54, 1.807) is 4.90 Å². The number of nitrogens with zero attached hydrogens (tertiary/aromatic N) is 2. The molecule has 0 bridgehead atoms. The van der Waals surface area contributed by atoms with Gasteiger partial charge in [-0.2, -0.15) is 5.26 Å². The molecule has 1 aliphatic rings. The lowest BCUT2D eigenvalue weighted by Crippen LogP contribution is -2.33. The summed E-state index contributed by atoms with van der Waals surface area (Å²) in [7, 11) is 1.81. The van der Waals surface area contributed by atoms with Crippen LogP contribution in [0.5, 0.6) is 0 Å². The largest absolute Gasteiger partial charge is 0.314 e. The molecule has 0 radical (unpaired) electrons. The van der Waals surface area contributed by atoms with Gasteiger partial charge in [-0.05, 0) is 51.3 Å². The van der Waals surface area contributed by atoms with E-state index in [1.165, 1.54) is 0 Å². The Hall–Kier alpha value is -1.82. The van der Waals surface area contributed by atoms with E-state index in [1.807, 2.05) is 46.9 Å². The number of benzene rings is 1. The fraction of sp³-hybridized carbons (Fsp3) is 0.500. The van der Waals surface area contributed by atoms with E-state index in [0.29, 0.717) is 6.42 Å². The number of hydrogen-bond acceptors (Lipinski definition) is 2. The van der Waals surface area contributed by atoms with Crippen LogP contribution in [0.4, 0.5) is 5.69 Å². The zero-order valence-electron chi connectivity index (χ0n) is 12.2. The molecule has 0 N–H and O–H groups in total. The Morgan fingerprint density at radius 2 is 2.00 bits per heavy atom. The van der Waals surface area contributed by atoms with Crippen LogP contribution in [-0.4, -0.2) is 13.0 Å². The Morgan fingerprint density at radius 1 is 1.37 bits per heavy atom. The second-order valence-corrected chi connectivity index (χ2v) is 6.51. The molecule has 3 nitrogen and oxygen atoms in total. The second kappa shape index (κ2) is 4.09. The molecule has 1 aromatic rings. The summed E-state index contributed by atoms with van der Waals surface area (Å²) in [5.41, 5.74) is 2.30. The standard InChI is InChI=1S/C16H20N2O/c1-15(2,10-17)9-11-6-7-13-12(8-11)16(3,4)14(19)18(13)5/h6-8H,9H2,1-5H3.